The number of fused-ring (bicyclic) bond motifs is 2. The Morgan fingerprint density at radius 1 is 0.806 bits per heavy atom. The predicted molar refractivity (Wildman–Crippen MR) is 127 cm³/mol. The summed E-state index contributed by atoms with van der Waals surface area (Å²) in [5, 5.41) is 13.4. The fraction of sp³-hybridized carbons (Fsp3) is 0. The summed E-state index contributed by atoms with van der Waals surface area (Å²) in [5.41, 5.74) is 1.60. The zero-order chi connectivity index (χ0) is 21.4. The molecule has 0 atom stereocenters. The van der Waals surface area contributed by atoms with Crippen LogP contribution < -0.4 is 5.56 Å². The monoisotopic (exact) mass is 424 g/mol. The Morgan fingerprint density at radius 3 is 2.35 bits per heavy atom. The highest BCUT2D eigenvalue weighted by atomic mass is 35.5. The topological polar surface area (TPSA) is 55.1 Å². The van der Waals surface area contributed by atoms with Crippen molar-refractivity contribution in [2.24, 2.45) is 0 Å². The second kappa shape index (κ2) is 7.74. The van der Waals surface area contributed by atoms with Crippen molar-refractivity contribution >= 4 is 45.4 Å². The lowest BCUT2D eigenvalue weighted by molar-refractivity contribution is 0.475. The van der Waals surface area contributed by atoms with Gasteiger partial charge in [-0.2, -0.15) is 0 Å². The molecule has 5 rings (SSSR count). The van der Waals surface area contributed by atoms with Crippen molar-refractivity contribution in [2.45, 2.75) is 0 Å². The number of hydrogen-bond donors (Lipinski definition) is 1. The second-order valence-corrected chi connectivity index (χ2v) is 7.54. The van der Waals surface area contributed by atoms with E-state index in [9.17, 15) is 9.90 Å². The van der Waals surface area contributed by atoms with Crippen molar-refractivity contribution < 1.29 is 5.11 Å². The van der Waals surface area contributed by atoms with E-state index < -0.39 is 0 Å². The van der Waals surface area contributed by atoms with Crippen molar-refractivity contribution in [2.75, 3.05) is 0 Å². The molecule has 0 saturated carbocycles. The first-order chi connectivity index (χ1) is 15.1. The van der Waals surface area contributed by atoms with Gasteiger partial charge in [-0.1, -0.05) is 66.2 Å². The van der Waals surface area contributed by atoms with Crippen molar-refractivity contribution in [1.29, 1.82) is 0 Å². The highest BCUT2D eigenvalue weighted by Crippen LogP contribution is 2.29. The van der Waals surface area contributed by atoms with Gasteiger partial charge in [-0.05, 0) is 53.3 Å². The summed E-state index contributed by atoms with van der Waals surface area (Å²) in [6.07, 6.45) is 3.51. The van der Waals surface area contributed by atoms with E-state index in [1.807, 2.05) is 54.6 Å². The van der Waals surface area contributed by atoms with Crippen LogP contribution in [0.5, 0.6) is 5.75 Å². The van der Waals surface area contributed by atoms with E-state index in [1.165, 1.54) is 4.57 Å². The zero-order valence-electron chi connectivity index (χ0n) is 16.4. The normalized spacial score (nSPS) is 11.5. The van der Waals surface area contributed by atoms with E-state index in [-0.39, 0.29) is 11.3 Å². The second-order valence-electron chi connectivity index (χ2n) is 7.13. The van der Waals surface area contributed by atoms with Gasteiger partial charge in [0, 0.05) is 5.56 Å². The first kappa shape index (κ1) is 19.1. The maximum Gasteiger partial charge on any atom is 0.266 e. The molecule has 0 aliphatic heterocycles. The third kappa shape index (κ3) is 3.37. The third-order valence-electron chi connectivity index (χ3n) is 5.24. The third-order valence-corrected chi connectivity index (χ3v) is 5.56. The number of phenolic OH excluding ortho intramolecular Hbond substituents is 1. The number of aromatic nitrogens is 2. The largest absolute Gasteiger partial charge is 0.507 e. The van der Waals surface area contributed by atoms with Crippen LogP contribution in [0.4, 0.5) is 0 Å². The number of rotatable bonds is 3. The minimum Gasteiger partial charge on any atom is -0.507 e. The van der Waals surface area contributed by atoms with Gasteiger partial charge in [-0.25, -0.2) is 4.98 Å². The van der Waals surface area contributed by atoms with Gasteiger partial charge in [0.25, 0.3) is 5.56 Å². The Kier molecular flexibility index (Phi) is 4.77. The van der Waals surface area contributed by atoms with E-state index in [0.29, 0.717) is 33.0 Å². The van der Waals surface area contributed by atoms with Gasteiger partial charge in [0.1, 0.15) is 11.6 Å². The molecule has 0 amide bonds. The van der Waals surface area contributed by atoms with E-state index in [1.54, 1.807) is 42.5 Å². The van der Waals surface area contributed by atoms with Crippen molar-refractivity contribution in [3.63, 3.8) is 0 Å². The zero-order valence-corrected chi connectivity index (χ0v) is 17.1. The first-order valence-electron chi connectivity index (χ1n) is 9.79. The van der Waals surface area contributed by atoms with E-state index in [0.717, 1.165) is 10.8 Å². The van der Waals surface area contributed by atoms with Gasteiger partial charge in [0.05, 0.1) is 21.6 Å². The molecule has 4 nitrogen and oxygen atoms in total. The molecule has 0 bridgehead atoms. The standard InChI is InChI=1S/C26H17ClN2O2/c27-21-10-4-6-12-23(21)29-25(28-22-11-5-3-9-20(22)26(29)31)16-14-19-18-8-2-1-7-17(18)13-15-24(19)30/h1-16,30H/b16-14+. The van der Waals surface area contributed by atoms with Crippen LogP contribution in [-0.4, -0.2) is 14.7 Å². The number of aromatic hydroxyl groups is 1. The number of benzene rings is 4. The molecule has 4 aromatic carbocycles. The molecular weight excluding hydrogens is 408 g/mol. The molecule has 0 spiro atoms. The summed E-state index contributed by atoms with van der Waals surface area (Å²) in [4.78, 5) is 18.1. The minimum atomic E-state index is -0.208. The lowest BCUT2D eigenvalue weighted by Gasteiger charge is -2.13. The Morgan fingerprint density at radius 2 is 1.52 bits per heavy atom. The van der Waals surface area contributed by atoms with Crippen molar-refractivity contribution in [3.8, 4) is 11.4 Å². The summed E-state index contributed by atoms with van der Waals surface area (Å²) >= 11 is 6.42. The molecule has 0 aliphatic rings. The number of nitrogens with zero attached hydrogens (tertiary/aromatic N) is 2. The fourth-order valence-corrected chi connectivity index (χ4v) is 3.96. The molecule has 0 saturated heterocycles. The summed E-state index contributed by atoms with van der Waals surface area (Å²) in [6, 6.07) is 25.7. The number of phenols is 1. The van der Waals surface area contributed by atoms with Crippen molar-refractivity contribution in [3.05, 3.63) is 112 Å². The van der Waals surface area contributed by atoms with Crippen LogP contribution in [0.1, 0.15) is 11.4 Å². The Hall–Kier alpha value is -3.89. The summed E-state index contributed by atoms with van der Waals surface area (Å²) in [7, 11) is 0. The fourth-order valence-electron chi connectivity index (χ4n) is 3.74. The minimum absolute atomic E-state index is 0.155. The van der Waals surface area contributed by atoms with Crippen LogP contribution in [-0.2, 0) is 0 Å². The average Bonchev–Trinajstić information content (AvgIpc) is 2.79. The molecule has 1 aromatic heterocycles. The van der Waals surface area contributed by atoms with Crippen LogP contribution in [0.2, 0.25) is 5.02 Å². The number of hydrogen-bond acceptors (Lipinski definition) is 3. The summed E-state index contributed by atoms with van der Waals surface area (Å²) < 4.78 is 1.50. The van der Waals surface area contributed by atoms with Gasteiger partial charge >= 0.3 is 0 Å². The van der Waals surface area contributed by atoms with Crippen LogP contribution >= 0.6 is 11.6 Å². The summed E-state index contributed by atoms with van der Waals surface area (Å²) in [6.45, 7) is 0. The van der Waals surface area contributed by atoms with Crippen molar-refractivity contribution in [1.82, 2.24) is 9.55 Å². The van der Waals surface area contributed by atoms with Gasteiger partial charge in [-0.3, -0.25) is 9.36 Å². The molecule has 0 radical (unpaired) electrons. The van der Waals surface area contributed by atoms with E-state index >= 15 is 0 Å². The van der Waals surface area contributed by atoms with Gasteiger partial charge in [0.15, 0.2) is 0 Å². The Balaban J connectivity index is 1.78. The molecule has 150 valence electrons. The van der Waals surface area contributed by atoms with E-state index in [2.05, 4.69) is 0 Å². The quantitative estimate of drug-likeness (QED) is 0.382. The highest BCUT2D eigenvalue weighted by molar-refractivity contribution is 6.32. The molecule has 0 unspecified atom stereocenters. The lowest BCUT2D eigenvalue weighted by Crippen LogP contribution is -2.22. The van der Waals surface area contributed by atoms with Gasteiger partial charge in [0.2, 0.25) is 0 Å². The maximum atomic E-state index is 13.4. The maximum absolute atomic E-state index is 13.4. The van der Waals surface area contributed by atoms with E-state index in [4.69, 9.17) is 16.6 Å². The average molecular weight is 425 g/mol. The van der Waals surface area contributed by atoms with Gasteiger partial charge in [-0.15, -0.1) is 0 Å². The number of para-hydroxylation sites is 2. The predicted octanol–water partition coefficient (Wildman–Crippen LogP) is 6.07. The lowest BCUT2D eigenvalue weighted by atomic mass is 10.0. The first-order valence-corrected chi connectivity index (χ1v) is 10.2. The molecule has 5 aromatic rings. The molecule has 5 heteroatoms. The molecule has 0 aliphatic carbocycles. The molecule has 31 heavy (non-hydrogen) atoms. The Labute approximate surface area is 183 Å². The molecule has 1 N–H and O–H groups in total. The van der Waals surface area contributed by atoms with Crippen LogP contribution in [0.15, 0.2) is 89.7 Å². The molecule has 1 heterocycles. The molecular formula is C26H17ClN2O2. The smallest absolute Gasteiger partial charge is 0.266 e. The van der Waals surface area contributed by atoms with Gasteiger partial charge < -0.3 is 5.11 Å². The summed E-state index contributed by atoms with van der Waals surface area (Å²) in [5.74, 6) is 0.575. The van der Waals surface area contributed by atoms with Crippen LogP contribution in [0.3, 0.4) is 0 Å². The molecule has 0 fully saturated rings. The number of halogens is 1. The SMILES string of the molecule is O=c1c2ccccc2nc(/C=C/c2c(O)ccc3ccccc23)n1-c1ccccc1Cl. The van der Waals surface area contributed by atoms with Crippen LogP contribution in [0.25, 0.3) is 39.5 Å². The highest BCUT2D eigenvalue weighted by Gasteiger charge is 2.13. The van der Waals surface area contributed by atoms with Crippen LogP contribution in [0, 0.1) is 0 Å². The Bertz CT molecular complexity index is 1540.